The van der Waals surface area contributed by atoms with E-state index in [9.17, 15) is 14.9 Å². The molecule has 1 N–H and O–H groups in total. The van der Waals surface area contributed by atoms with E-state index in [2.05, 4.69) is 15.3 Å². The van der Waals surface area contributed by atoms with E-state index in [0.29, 0.717) is 22.9 Å². The second-order valence-electron chi connectivity index (χ2n) is 6.13. The fourth-order valence-electron chi connectivity index (χ4n) is 2.89. The minimum absolute atomic E-state index is 0.157. The Morgan fingerprint density at radius 2 is 2.07 bits per heavy atom. The Labute approximate surface area is 164 Å². The fraction of sp³-hybridized carbons (Fsp3) is 0.0500. The fourth-order valence-corrected chi connectivity index (χ4v) is 2.89. The van der Waals surface area contributed by atoms with E-state index in [-0.39, 0.29) is 11.3 Å². The summed E-state index contributed by atoms with van der Waals surface area (Å²) < 4.78 is 7.13. The number of carbonyl (C=O) groups is 1. The molecule has 2 aromatic carbocycles. The van der Waals surface area contributed by atoms with E-state index in [1.165, 1.54) is 31.4 Å². The Bertz CT molecular complexity index is 1200. The molecule has 2 heterocycles. The molecule has 0 aliphatic carbocycles. The smallest absolute Gasteiger partial charge is 0.270 e. The molecule has 4 rings (SSSR count). The predicted octanol–water partition coefficient (Wildman–Crippen LogP) is 3.57. The quantitative estimate of drug-likeness (QED) is 0.413. The molecule has 2 aromatic heterocycles. The average molecular weight is 389 g/mol. The van der Waals surface area contributed by atoms with Crippen LogP contribution in [0.25, 0.3) is 17.0 Å². The second-order valence-corrected chi connectivity index (χ2v) is 6.13. The first-order valence-corrected chi connectivity index (χ1v) is 8.59. The first-order chi connectivity index (χ1) is 14.0. The molecule has 0 atom stereocenters. The van der Waals surface area contributed by atoms with Crippen molar-refractivity contribution in [2.75, 3.05) is 12.4 Å². The van der Waals surface area contributed by atoms with E-state index >= 15 is 0 Å². The SMILES string of the molecule is COc1ccc(-c2cn3cccnc3n2)cc1NC(=O)c1cccc([N+](=O)[O-])c1. The maximum atomic E-state index is 12.6. The van der Waals surface area contributed by atoms with Crippen LogP contribution in [0.15, 0.2) is 67.1 Å². The van der Waals surface area contributed by atoms with E-state index in [0.717, 1.165) is 5.56 Å². The highest BCUT2D eigenvalue weighted by atomic mass is 16.6. The zero-order valence-electron chi connectivity index (χ0n) is 15.3. The van der Waals surface area contributed by atoms with E-state index in [4.69, 9.17) is 4.74 Å². The summed E-state index contributed by atoms with van der Waals surface area (Å²) in [7, 11) is 1.49. The number of hydrogen-bond donors (Lipinski definition) is 1. The van der Waals surface area contributed by atoms with Crippen molar-refractivity contribution in [3.8, 4) is 17.0 Å². The van der Waals surface area contributed by atoms with E-state index < -0.39 is 10.8 Å². The molecule has 1 amide bonds. The number of fused-ring (bicyclic) bond motifs is 1. The molecular weight excluding hydrogens is 374 g/mol. The Balaban J connectivity index is 1.67. The summed E-state index contributed by atoms with van der Waals surface area (Å²) in [6, 6.07) is 12.6. The number of nitrogens with one attached hydrogen (secondary N) is 1. The van der Waals surface area contributed by atoms with Crippen LogP contribution in [0.3, 0.4) is 0 Å². The molecule has 0 saturated heterocycles. The first-order valence-electron chi connectivity index (χ1n) is 8.59. The van der Waals surface area contributed by atoms with Crippen molar-refractivity contribution >= 4 is 23.1 Å². The molecule has 0 aliphatic rings. The number of imidazole rings is 1. The lowest BCUT2D eigenvalue weighted by molar-refractivity contribution is -0.384. The lowest BCUT2D eigenvalue weighted by atomic mass is 10.1. The van der Waals surface area contributed by atoms with Gasteiger partial charge in [0, 0.05) is 41.9 Å². The van der Waals surface area contributed by atoms with Crippen LogP contribution in [0.2, 0.25) is 0 Å². The molecule has 0 fully saturated rings. The number of ether oxygens (including phenoxy) is 1. The maximum Gasteiger partial charge on any atom is 0.270 e. The van der Waals surface area contributed by atoms with Crippen LogP contribution in [0.5, 0.6) is 5.75 Å². The number of nitrogens with zero attached hydrogens (tertiary/aromatic N) is 4. The van der Waals surface area contributed by atoms with E-state index in [1.54, 1.807) is 28.8 Å². The lowest BCUT2D eigenvalue weighted by Crippen LogP contribution is -2.13. The number of nitro groups is 1. The topological polar surface area (TPSA) is 112 Å². The number of anilines is 1. The zero-order valence-corrected chi connectivity index (χ0v) is 15.3. The van der Waals surface area contributed by atoms with Gasteiger partial charge in [0.1, 0.15) is 5.75 Å². The molecule has 9 heteroatoms. The monoisotopic (exact) mass is 389 g/mol. The van der Waals surface area contributed by atoms with Crippen molar-refractivity contribution in [2.24, 2.45) is 0 Å². The maximum absolute atomic E-state index is 12.6. The predicted molar refractivity (Wildman–Crippen MR) is 106 cm³/mol. The first kappa shape index (κ1) is 18.1. The number of carbonyl (C=O) groups excluding carboxylic acids is 1. The lowest BCUT2D eigenvalue weighted by Gasteiger charge is -2.11. The molecule has 9 nitrogen and oxygen atoms in total. The Hall–Kier alpha value is -4.27. The second kappa shape index (κ2) is 7.39. The van der Waals surface area contributed by atoms with Crippen LogP contribution in [0.1, 0.15) is 10.4 Å². The van der Waals surface area contributed by atoms with Gasteiger partial charge in [-0.25, -0.2) is 9.97 Å². The third-order valence-electron chi connectivity index (χ3n) is 4.30. The van der Waals surface area contributed by atoms with Crippen LogP contribution in [-0.2, 0) is 0 Å². The number of methoxy groups -OCH3 is 1. The number of nitro benzene ring substituents is 1. The highest BCUT2D eigenvalue weighted by Gasteiger charge is 2.15. The minimum atomic E-state index is -0.546. The minimum Gasteiger partial charge on any atom is -0.495 e. The third kappa shape index (κ3) is 3.61. The van der Waals surface area contributed by atoms with Crippen molar-refractivity contribution in [1.29, 1.82) is 0 Å². The van der Waals surface area contributed by atoms with Crippen LogP contribution >= 0.6 is 0 Å². The summed E-state index contributed by atoms with van der Waals surface area (Å²) >= 11 is 0. The van der Waals surface area contributed by atoms with Crippen molar-refractivity contribution in [3.63, 3.8) is 0 Å². The van der Waals surface area contributed by atoms with Gasteiger partial charge in [-0.2, -0.15) is 0 Å². The molecule has 0 aliphatic heterocycles. The number of rotatable bonds is 5. The molecule has 0 unspecified atom stereocenters. The molecule has 0 radical (unpaired) electrons. The highest BCUT2D eigenvalue weighted by molar-refractivity contribution is 6.05. The van der Waals surface area contributed by atoms with Crippen LogP contribution in [0.4, 0.5) is 11.4 Å². The van der Waals surface area contributed by atoms with Crippen molar-refractivity contribution in [1.82, 2.24) is 14.4 Å². The van der Waals surface area contributed by atoms with Gasteiger partial charge in [-0.15, -0.1) is 0 Å². The van der Waals surface area contributed by atoms with Gasteiger partial charge in [-0.05, 0) is 30.3 Å². The van der Waals surface area contributed by atoms with Crippen LogP contribution < -0.4 is 10.1 Å². The van der Waals surface area contributed by atoms with Gasteiger partial charge in [0.25, 0.3) is 11.6 Å². The van der Waals surface area contributed by atoms with Gasteiger partial charge in [-0.1, -0.05) is 6.07 Å². The summed E-state index contributed by atoms with van der Waals surface area (Å²) in [5.41, 5.74) is 1.87. The molecule has 0 saturated carbocycles. The Morgan fingerprint density at radius 1 is 1.21 bits per heavy atom. The summed E-state index contributed by atoms with van der Waals surface area (Å²) in [5.74, 6) is 0.524. The largest absolute Gasteiger partial charge is 0.495 e. The van der Waals surface area contributed by atoms with Gasteiger partial charge in [0.2, 0.25) is 5.78 Å². The van der Waals surface area contributed by atoms with Crippen molar-refractivity contribution < 1.29 is 14.5 Å². The molecule has 0 spiro atoms. The summed E-state index contributed by atoms with van der Waals surface area (Å²) in [5, 5.41) is 13.7. The van der Waals surface area contributed by atoms with Gasteiger partial charge in [0.15, 0.2) is 0 Å². The number of non-ortho nitro benzene ring substituents is 1. The van der Waals surface area contributed by atoms with Gasteiger partial charge in [-0.3, -0.25) is 19.3 Å². The normalized spacial score (nSPS) is 10.7. The molecule has 0 bridgehead atoms. The summed E-state index contributed by atoms with van der Waals surface area (Å²) in [4.78, 5) is 31.7. The molecule has 29 heavy (non-hydrogen) atoms. The molecular formula is C20H15N5O4. The van der Waals surface area contributed by atoms with Crippen molar-refractivity contribution in [2.45, 2.75) is 0 Å². The van der Waals surface area contributed by atoms with Crippen LogP contribution in [0, 0.1) is 10.1 Å². The number of hydrogen-bond acceptors (Lipinski definition) is 6. The van der Waals surface area contributed by atoms with Gasteiger partial charge >= 0.3 is 0 Å². The Morgan fingerprint density at radius 3 is 2.83 bits per heavy atom. The Kier molecular flexibility index (Phi) is 4.62. The average Bonchev–Trinajstić information content (AvgIpc) is 3.18. The standard InChI is InChI=1S/C20H15N5O4/c1-29-18-7-6-13(17-12-24-9-3-8-21-20(24)23-17)11-16(18)22-19(26)14-4-2-5-15(10-14)25(27)28/h2-12H,1H3,(H,22,26). The number of aromatic nitrogens is 3. The third-order valence-corrected chi connectivity index (χ3v) is 4.30. The van der Waals surface area contributed by atoms with Crippen molar-refractivity contribution in [3.05, 3.63) is 82.8 Å². The summed E-state index contributed by atoms with van der Waals surface area (Å²) in [6.07, 6.45) is 5.33. The highest BCUT2D eigenvalue weighted by Crippen LogP contribution is 2.31. The molecule has 4 aromatic rings. The molecule has 144 valence electrons. The van der Waals surface area contributed by atoms with E-state index in [1.807, 2.05) is 18.5 Å². The van der Waals surface area contributed by atoms with Crippen LogP contribution in [-0.4, -0.2) is 32.3 Å². The van der Waals surface area contributed by atoms with Gasteiger partial charge in [0.05, 0.1) is 23.4 Å². The van der Waals surface area contributed by atoms with Gasteiger partial charge < -0.3 is 10.1 Å². The number of benzene rings is 2. The number of amides is 1. The summed E-state index contributed by atoms with van der Waals surface area (Å²) in [6.45, 7) is 0. The zero-order chi connectivity index (χ0) is 20.4.